The highest BCUT2D eigenvalue weighted by Crippen LogP contribution is 2.29. The topological polar surface area (TPSA) is 61.8 Å². The first-order valence-corrected chi connectivity index (χ1v) is 6.90. The maximum absolute atomic E-state index is 12.5. The van der Waals surface area contributed by atoms with E-state index in [1.54, 1.807) is 24.3 Å². The first kappa shape index (κ1) is 14.1. The molecule has 108 valence electrons. The number of allylic oxidation sites excluding steroid dienone is 1. The number of hydrogen-bond donors (Lipinski definition) is 1. The second-order valence-corrected chi connectivity index (χ2v) is 4.97. The van der Waals surface area contributed by atoms with Crippen molar-refractivity contribution >= 4 is 46.1 Å². The fourth-order valence-corrected chi connectivity index (χ4v) is 2.53. The van der Waals surface area contributed by atoms with Crippen LogP contribution < -0.4 is 5.43 Å². The van der Waals surface area contributed by atoms with Gasteiger partial charge in [0.25, 0.3) is 11.8 Å². The van der Waals surface area contributed by atoms with E-state index in [0.29, 0.717) is 16.5 Å². The molecule has 0 bridgehead atoms. The lowest BCUT2D eigenvalue weighted by Gasteiger charge is -2.27. The van der Waals surface area contributed by atoms with Gasteiger partial charge in [-0.15, -0.1) is 0 Å². The zero-order valence-electron chi connectivity index (χ0n) is 11.4. The summed E-state index contributed by atoms with van der Waals surface area (Å²) in [6.45, 7) is 3.48. The van der Waals surface area contributed by atoms with Crippen LogP contribution in [0.25, 0.3) is 10.8 Å². The lowest BCUT2D eigenvalue weighted by Crippen LogP contribution is -2.50. The Hall–Kier alpha value is -2.86. The van der Waals surface area contributed by atoms with Crippen LogP contribution in [0.2, 0.25) is 0 Å². The molecule has 0 saturated heterocycles. The SMILES string of the molecule is C=C/C=N/C(=S)NN1C(=O)c2cccc3cccc(c23)C1=O. The molecule has 0 unspecified atom stereocenters. The van der Waals surface area contributed by atoms with Crippen LogP contribution in [0.5, 0.6) is 0 Å². The number of nitrogens with zero attached hydrogens (tertiary/aromatic N) is 2. The highest BCUT2D eigenvalue weighted by molar-refractivity contribution is 7.80. The second-order valence-electron chi connectivity index (χ2n) is 4.59. The van der Waals surface area contributed by atoms with E-state index in [9.17, 15) is 9.59 Å². The summed E-state index contributed by atoms with van der Waals surface area (Å²) in [5.74, 6) is -0.907. The number of amides is 2. The van der Waals surface area contributed by atoms with Gasteiger partial charge in [0.05, 0.1) is 11.1 Å². The summed E-state index contributed by atoms with van der Waals surface area (Å²) < 4.78 is 0. The van der Waals surface area contributed by atoms with Crippen molar-refractivity contribution in [2.24, 2.45) is 4.99 Å². The highest BCUT2D eigenvalue weighted by Gasteiger charge is 2.33. The molecule has 2 aromatic carbocycles. The number of carbonyl (C=O) groups is 2. The van der Waals surface area contributed by atoms with E-state index in [4.69, 9.17) is 12.2 Å². The molecule has 2 amide bonds. The van der Waals surface area contributed by atoms with Gasteiger partial charge in [0, 0.05) is 11.6 Å². The van der Waals surface area contributed by atoms with Gasteiger partial charge in [-0.05, 0) is 29.7 Å². The fourth-order valence-electron chi connectivity index (χ4n) is 2.38. The molecule has 6 heteroatoms. The normalized spacial score (nSPS) is 13.7. The standard InChI is InChI=1S/C16H11N3O2S/c1-2-9-17-16(22)18-19-14(20)11-7-3-5-10-6-4-8-12(13(10)11)15(19)21/h2-9H,1H2,(H,18,22)/b17-9+. The quantitative estimate of drug-likeness (QED) is 0.526. The molecule has 1 heterocycles. The summed E-state index contributed by atoms with van der Waals surface area (Å²) >= 11 is 4.98. The van der Waals surface area contributed by atoms with Crippen LogP contribution in [0.3, 0.4) is 0 Å². The molecule has 0 saturated carbocycles. The zero-order chi connectivity index (χ0) is 15.7. The first-order valence-electron chi connectivity index (χ1n) is 6.49. The predicted molar refractivity (Wildman–Crippen MR) is 88.9 cm³/mol. The van der Waals surface area contributed by atoms with Gasteiger partial charge in [-0.3, -0.25) is 15.0 Å². The van der Waals surface area contributed by atoms with Gasteiger partial charge in [-0.25, -0.2) is 4.99 Å². The summed E-state index contributed by atoms with van der Waals surface area (Å²) in [7, 11) is 0. The Labute approximate surface area is 131 Å². The van der Waals surface area contributed by atoms with Crippen molar-refractivity contribution in [2.75, 3.05) is 0 Å². The number of aliphatic imine (C=N–C) groups is 1. The number of thiocarbonyl (C=S) groups is 1. The van der Waals surface area contributed by atoms with Crippen LogP contribution in [0.15, 0.2) is 54.0 Å². The van der Waals surface area contributed by atoms with Gasteiger partial charge in [0.15, 0.2) is 0 Å². The van der Waals surface area contributed by atoms with Crippen LogP contribution in [0, 0.1) is 0 Å². The van der Waals surface area contributed by atoms with Crippen LogP contribution in [-0.4, -0.2) is 28.2 Å². The molecule has 0 fully saturated rings. The molecule has 0 atom stereocenters. The van der Waals surface area contributed by atoms with E-state index in [1.165, 1.54) is 12.3 Å². The minimum Gasteiger partial charge on any atom is -0.267 e. The Balaban J connectivity index is 2.06. The molecule has 0 aromatic heterocycles. The largest absolute Gasteiger partial charge is 0.280 e. The van der Waals surface area contributed by atoms with E-state index < -0.39 is 11.8 Å². The smallest absolute Gasteiger partial charge is 0.267 e. The Morgan fingerprint density at radius 3 is 2.27 bits per heavy atom. The number of nitrogens with one attached hydrogen (secondary N) is 1. The first-order chi connectivity index (χ1) is 10.6. The molecular weight excluding hydrogens is 298 g/mol. The molecule has 1 N–H and O–H groups in total. The third kappa shape index (κ3) is 2.19. The number of benzene rings is 2. The average molecular weight is 309 g/mol. The number of hydrazine groups is 1. The fraction of sp³-hybridized carbons (Fsp3) is 0. The van der Waals surface area contributed by atoms with Crippen molar-refractivity contribution in [1.82, 2.24) is 10.4 Å². The van der Waals surface area contributed by atoms with Gasteiger partial charge in [0.1, 0.15) is 0 Å². The lowest BCUT2D eigenvalue weighted by molar-refractivity contribution is 0.0567. The molecule has 1 aliphatic rings. The second kappa shape index (κ2) is 5.50. The Bertz CT molecular complexity index is 807. The summed E-state index contributed by atoms with van der Waals surface area (Å²) in [4.78, 5) is 28.9. The lowest BCUT2D eigenvalue weighted by atomic mass is 9.95. The van der Waals surface area contributed by atoms with E-state index in [2.05, 4.69) is 17.0 Å². The van der Waals surface area contributed by atoms with E-state index in [1.807, 2.05) is 12.1 Å². The van der Waals surface area contributed by atoms with Crippen LogP contribution in [-0.2, 0) is 0 Å². The summed E-state index contributed by atoms with van der Waals surface area (Å²) in [5.41, 5.74) is 3.47. The maximum Gasteiger partial charge on any atom is 0.280 e. The van der Waals surface area contributed by atoms with Gasteiger partial charge >= 0.3 is 0 Å². The van der Waals surface area contributed by atoms with Crippen molar-refractivity contribution in [3.63, 3.8) is 0 Å². The van der Waals surface area contributed by atoms with Crippen LogP contribution in [0.4, 0.5) is 0 Å². The maximum atomic E-state index is 12.5. The van der Waals surface area contributed by atoms with Gasteiger partial charge < -0.3 is 0 Å². The minimum absolute atomic E-state index is 0.00755. The van der Waals surface area contributed by atoms with E-state index >= 15 is 0 Å². The van der Waals surface area contributed by atoms with Gasteiger partial charge in [-0.2, -0.15) is 5.01 Å². The Kier molecular flexibility index (Phi) is 3.52. The zero-order valence-corrected chi connectivity index (χ0v) is 12.3. The third-order valence-corrected chi connectivity index (χ3v) is 3.47. The van der Waals surface area contributed by atoms with Crippen molar-refractivity contribution < 1.29 is 9.59 Å². The summed E-state index contributed by atoms with van der Waals surface area (Å²) in [6, 6.07) is 10.7. The molecule has 0 spiro atoms. The molecule has 2 aromatic rings. The van der Waals surface area contributed by atoms with Crippen LogP contribution in [0.1, 0.15) is 20.7 Å². The molecule has 0 radical (unpaired) electrons. The van der Waals surface area contributed by atoms with Crippen molar-refractivity contribution in [3.8, 4) is 0 Å². The number of hydrogen-bond acceptors (Lipinski definition) is 3. The third-order valence-electron chi connectivity index (χ3n) is 3.28. The molecular formula is C16H11N3O2S. The number of rotatable bonds is 2. The summed E-state index contributed by atoms with van der Waals surface area (Å²) in [6.07, 6.45) is 2.83. The summed E-state index contributed by atoms with van der Waals surface area (Å²) in [5, 5.41) is 2.41. The minimum atomic E-state index is -0.453. The number of imide groups is 1. The predicted octanol–water partition coefficient (Wildman–Crippen LogP) is 2.48. The van der Waals surface area contributed by atoms with E-state index in [0.717, 1.165) is 10.4 Å². The molecule has 0 aliphatic carbocycles. The Morgan fingerprint density at radius 2 is 1.73 bits per heavy atom. The van der Waals surface area contributed by atoms with Gasteiger partial charge in [-0.1, -0.05) is 36.9 Å². The van der Waals surface area contributed by atoms with E-state index in [-0.39, 0.29) is 5.11 Å². The Morgan fingerprint density at radius 1 is 1.14 bits per heavy atom. The number of carbonyl (C=O) groups excluding carboxylic acids is 2. The van der Waals surface area contributed by atoms with Crippen molar-refractivity contribution in [1.29, 1.82) is 0 Å². The van der Waals surface area contributed by atoms with Crippen molar-refractivity contribution in [2.45, 2.75) is 0 Å². The van der Waals surface area contributed by atoms with Gasteiger partial charge in [0.2, 0.25) is 5.11 Å². The average Bonchev–Trinajstić information content (AvgIpc) is 2.54. The van der Waals surface area contributed by atoms with Crippen molar-refractivity contribution in [3.05, 3.63) is 60.2 Å². The molecule has 5 nitrogen and oxygen atoms in total. The molecule has 3 rings (SSSR count). The molecule has 1 aliphatic heterocycles. The monoisotopic (exact) mass is 309 g/mol. The highest BCUT2D eigenvalue weighted by atomic mass is 32.1. The van der Waals surface area contributed by atoms with Crippen LogP contribution >= 0.6 is 12.2 Å². The molecule has 22 heavy (non-hydrogen) atoms.